The molecule has 3 N–H and O–H groups in total. The van der Waals surface area contributed by atoms with E-state index in [-0.39, 0.29) is 12.5 Å². The quantitative estimate of drug-likeness (QED) is 0.808. The predicted octanol–water partition coefficient (Wildman–Crippen LogP) is 2.01. The minimum absolute atomic E-state index is 0.0655. The maximum absolute atomic E-state index is 11.8. The molecule has 1 amide bonds. The normalized spacial score (nSPS) is 14.2. The zero-order valence-corrected chi connectivity index (χ0v) is 11.3. The molecule has 2 rings (SSSR count). The van der Waals surface area contributed by atoms with Gasteiger partial charge in [-0.3, -0.25) is 4.79 Å². The molecule has 5 nitrogen and oxygen atoms in total. The lowest BCUT2D eigenvalue weighted by Crippen LogP contribution is -2.38. The highest BCUT2D eigenvalue weighted by molar-refractivity contribution is 9.10. The number of carbonyl (C=O) groups is 1. The van der Waals surface area contributed by atoms with Gasteiger partial charge in [0.1, 0.15) is 17.1 Å². The second-order valence-electron chi connectivity index (χ2n) is 4.17. The highest BCUT2D eigenvalue weighted by Gasteiger charge is 2.27. The first kappa shape index (κ1) is 12.9. The molecular weight excluding hydrogens is 300 g/mol. The van der Waals surface area contributed by atoms with Gasteiger partial charge in [0, 0.05) is 10.7 Å². The van der Waals surface area contributed by atoms with Crippen molar-refractivity contribution in [3.8, 4) is 0 Å². The minimum Gasteiger partial charge on any atom is -0.466 e. The van der Waals surface area contributed by atoms with Crippen molar-refractivity contribution in [3.63, 3.8) is 0 Å². The maximum atomic E-state index is 11.8. The number of amides is 1. The highest BCUT2D eigenvalue weighted by Crippen LogP contribution is 2.20. The molecule has 2 heterocycles. The Morgan fingerprint density at radius 3 is 3.00 bits per heavy atom. The fourth-order valence-corrected chi connectivity index (χ4v) is 1.86. The molecular formula is C12H13BrN2O3. The minimum atomic E-state index is -1.23. The van der Waals surface area contributed by atoms with Crippen LogP contribution in [0.1, 0.15) is 23.2 Å². The molecule has 0 aliphatic heterocycles. The first-order valence-corrected chi connectivity index (χ1v) is 6.17. The van der Waals surface area contributed by atoms with Crippen molar-refractivity contribution in [3.05, 3.63) is 46.6 Å². The summed E-state index contributed by atoms with van der Waals surface area (Å²) in [5, 5.41) is 12.8. The lowest BCUT2D eigenvalue weighted by Gasteiger charge is -2.20. The number of aliphatic hydroxyl groups is 1. The van der Waals surface area contributed by atoms with Crippen LogP contribution in [0.3, 0.4) is 0 Å². The Kier molecular flexibility index (Phi) is 3.58. The molecule has 0 bridgehead atoms. The lowest BCUT2D eigenvalue weighted by molar-refractivity contribution is 0.0329. The molecule has 1 atom stereocenters. The van der Waals surface area contributed by atoms with Crippen molar-refractivity contribution < 1.29 is 14.3 Å². The van der Waals surface area contributed by atoms with Crippen LogP contribution >= 0.6 is 15.9 Å². The summed E-state index contributed by atoms with van der Waals surface area (Å²) < 4.78 is 5.92. The van der Waals surface area contributed by atoms with E-state index in [1.807, 2.05) is 0 Å². The number of hydrogen-bond acceptors (Lipinski definition) is 3. The monoisotopic (exact) mass is 312 g/mol. The molecule has 0 radical (unpaired) electrons. The van der Waals surface area contributed by atoms with E-state index in [2.05, 4.69) is 26.2 Å². The molecule has 1 unspecified atom stereocenters. The van der Waals surface area contributed by atoms with Crippen LogP contribution in [-0.4, -0.2) is 22.5 Å². The topological polar surface area (TPSA) is 78.3 Å². The van der Waals surface area contributed by atoms with Gasteiger partial charge in [-0.1, -0.05) is 0 Å². The summed E-state index contributed by atoms with van der Waals surface area (Å²) in [5.74, 6) is 0.128. The molecule has 0 fully saturated rings. The SMILES string of the molecule is CC(O)(CNC(=O)c1cc(Br)c[nH]1)c1ccco1. The third-order valence-corrected chi connectivity index (χ3v) is 3.00. The van der Waals surface area contributed by atoms with Crippen molar-refractivity contribution in [2.24, 2.45) is 0 Å². The van der Waals surface area contributed by atoms with Crippen molar-refractivity contribution >= 4 is 21.8 Å². The highest BCUT2D eigenvalue weighted by atomic mass is 79.9. The van der Waals surface area contributed by atoms with Crippen LogP contribution < -0.4 is 5.32 Å². The van der Waals surface area contributed by atoms with Gasteiger partial charge in [-0.05, 0) is 41.1 Å². The number of H-pyrrole nitrogens is 1. The third-order valence-electron chi connectivity index (χ3n) is 2.54. The van der Waals surface area contributed by atoms with Gasteiger partial charge in [0.25, 0.3) is 5.91 Å². The zero-order chi connectivity index (χ0) is 13.2. The van der Waals surface area contributed by atoms with Gasteiger partial charge < -0.3 is 19.8 Å². The summed E-state index contributed by atoms with van der Waals surface area (Å²) in [6.07, 6.45) is 3.15. The Labute approximate surface area is 112 Å². The Balaban J connectivity index is 1.98. The van der Waals surface area contributed by atoms with E-state index in [1.54, 1.807) is 31.3 Å². The average Bonchev–Trinajstić information content (AvgIpc) is 2.96. The second kappa shape index (κ2) is 4.99. The van der Waals surface area contributed by atoms with E-state index in [4.69, 9.17) is 4.42 Å². The van der Waals surface area contributed by atoms with E-state index < -0.39 is 5.60 Å². The lowest BCUT2D eigenvalue weighted by atomic mass is 10.0. The molecule has 2 aromatic rings. The van der Waals surface area contributed by atoms with E-state index >= 15 is 0 Å². The van der Waals surface area contributed by atoms with E-state index in [0.717, 1.165) is 4.47 Å². The smallest absolute Gasteiger partial charge is 0.267 e. The summed E-state index contributed by atoms with van der Waals surface area (Å²) in [6.45, 7) is 1.65. The van der Waals surface area contributed by atoms with E-state index in [0.29, 0.717) is 11.5 Å². The average molecular weight is 313 g/mol. The van der Waals surface area contributed by atoms with Crippen LogP contribution in [0.2, 0.25) is 0 Å². The molecule has 0 saturated heterocycles. The molecule has 0 aliphatic rings. The van der Waals surface area contributed by atoms with Crippen LogP contribution in [0.4, 0.5) is 0 Å². The van der Waals surface area contributed by atoms with E-state index in [1.165, 1.54) is 6.26 Å². The Morgan fingerprint density at radius 2 is 2.44 bits per heavy atom. The van der Waals surface area contributed by atoms with Crippen molar-refractivity contribution in [2.45, 2.75) is 12.5 Å². The molecule has 0 spiro atoms. The number of hydrogen-bond donors (Lipinski definition) is 3. The number of furan rings is 1. The first-order valence-electron chi connectivity index (χ1n) is 5.37. The largest absolute Gasteiger partial charge is 0.466 e. The summed E-state index contributed by atoms with van der Waals surface area (Å²) in [4.78, 5) is 14.6. The van der Waals surface area contributed by atoms with E-state index in [9.17, 15) is 9.90 Å². The van der Waals surface area contributed by atoms with Crippen molar-refractivity contribution in [1.29, 1.82) is 0 Å². The van der Waals surface area contributed by atoms with Crippen LogP contribution in [0.5, 0.6) is 0 Å². The fourth-order valence-electron chi connectivity index (χ4n) is 1.52. The number of aromatic nitrogens is 1. The molecule has 2 aromatic heterocycles. The summed E-state index contributed by atoms with van der Waals surface area (Å²) in [7, 11) is 0. The first-order chi connectivity index (χ1) is 8.49. The van der Waals surface area contributed by atoms with Crippen LogP contribution in [-0.2, 0) is 5.60 Å². The van der Waals surface area contributed by atoms with Crippen molar-refractivity contribution in [1.82, 2.24) is 10.3 Å². The van der Waals surface area contributed by atoms with Gasteiger partial charge in [0.05, 0.1) is 12.8 Å². The molecule has 0 aliphatic carbocycles. The Hall–Kier alpha value is -1.53. The van der Waals surface area contributed by atoms with Crippen LogP contribution in [0.15, 0.2) is 39.5 Å². The van der Waals surface area contributed by atoms with Gasteiger partial charge in [0.15, 0.2) is 0 Å². The predicted molar refractivity (Wildman–Crippen MR) is 69.1 cm³/mol. The molecule has 6 heteroatoms. The summed E-state index contributed by atoms with van der Waals surface area (Å²) in [6, 6.07) is 5.02. The van der Waals surface area contributed by atoms with Gasteiger partial charge in [-0.2, -0.15) is 0 Å². The van der Waals surface area contributed by atoms with Gasteiger partial charge >= 0.3 is 0 Å². The number of halogens is 1. The number of nitrogens with one attached hydrogen (secondary N) is 2. The zero-order valence-electron chi connectivity index (χ0n) is 9.74. The van der Waals surface area contributed by atoms with Crippen LogP contribution in [0.25, 0.3) is 0 Å². The maximum Gasteiger partial charge on any atom is 0.267 e. The van der Waals surface area contributed by atoms with Crippen LogP contribution in [0, 0.1) is 0 Å². The van der Waals surface area contributed by atoms with Crippen molar-refractivity contribution in [2.75, 3.05) is 6.54 Å². The number of carbonyl (C=O) groups excluding carboxylic acids is 1. The second-order valence-corrected chi connectivity index (χ2v) is 5.08. The third kappa shape index (κ3) is 2.83. The standard InChI is InChI=1S/C12H13BrN2O3/c1-12(17,10-3-2-4-18-10)7-15-11(16)9-5-8(13)6-14-9/h2-6,14,17H,7H2,1H3,(H,15,16). The number of aromatic amines is 1. The Bertz CT molecular complexity index is 531. The number of rotatable bonds is 4. The Morgan fingerprint density at radius 1 is 1.67 bits per heavy atom. The summed E-state index contributed by atoms with van der Waals surface area (Å²) >= 11 is 3.25. The fraction of sp³-hybridized carbons (Fsp3) is 0.250. The molecule has 18 heavy (non-hydrogen) atoms. The van der Waals surface area contributed by atoms with Gasteiger partial charge in [0.2, 0.25) is 0 Å². The molecule has 96 valence electrons. The van der Waals surface area contributed by atoms with Gasteiger partial charge in [-0.15, -0.1) is 0 Å². The summed E-state index contributed by atoms with van der Waals surface area (Å²) in [5.41, 5.74) is -0.805. The molecule has 0 aromatic carbocycles. The van der Waals surface area contributed by atoms with Gasteiger partial charge in [-0.25, -0.2) is 0 Å². The molecule has 0 saturated carbocycles.